The molecule has 0 spiro atoms. The number of anilines is 2. The minimum absolute atomic E-state index is 0.152. The number of benzene rings is 1. The first kappa shape index (κ1) is 13.0. The predicted molar refractivity (Wildman–Crippen MR) is 62.2 cm³/mol. The molecule has 2 rings (SSSR count). The summed E-state index contributed by atoms with van der Waals surface area (Å²) < 4.78 is 51.3. The number of hydrogen-bond donors (Lipinski definition) is 1. The maximum atomic E-state index is 13.0. The van der Waals surface area contributed by atoms with Gasteiger partial charge in [0.15, 0.2) is 0 Å². The molecular weight excluding hydrogens is 248 g/mol. The fourth-order valence-corrected chi connectivity index (χ4v) is 2.06. The van der Waals surface area contributed by atoms with Gasteiger partial charge in [0, 0.05) is 42.9 Å². The lowest BCUT2D eigenvalue weighted by Gasteiger charge is -2.33. The molecular formula is C12H14F4N2. The quantitative estimate of drug-likeness (QED) is 0.653. The molecule has 6 heteroatoms. The van der Waals surface area contributed by atoms with E-state index >= 15 is 0 Å². The van der Waals surface area contributed by atoms with Gasteiger partial charge in [0.2, 0.25) is 0 Å². The number of nitrogens with zero attached hydrogens (tertiary/aromatic N) is 1. The van der Waals surface area contributed by atoms with Gasteiger partial charge in [0.25, 0.3) is 12.3 Å². The van der Waals surface area contributed by atoms with Crippen LogP contribution in [0.25, 0.3) is 0 Å². The molecule has 1 aromatic rings. The van der Waals surface area contributed by atoms with E-state index in [0.717, 1.165) is 0 Å². The summed E-state index contributed by atoms with van der Waals surface area (Å²) in [6.45, 7) is 0.304. The summed E-state index contributed by atoms with van der Waals surface area (Å²) in [6.07, 6.45) is -3.13. The zero-order valence-electron chi connectivity index (χ0n) is 9.67. The second-order valence-electron chi connectivity index (χ2n) is 4.50. The van der Waals surface area contributed by atoms with Gasteiger partial charge in [-0.1, -0.05) is 0 Å². The number of piperidine rings is 1. The van der Waals surface area contributed by atoms with Crippen LogP contribution in [0.2, 0.25) is 0 Å². The summed E-state index contributed by atoms with van der Waals surface area (Å²) in [6, 6.07) is 4.05. The van der Waals surface area contributed by atoms with Crippen molar-refractivity contribution in [3.05, 3.63) is 23.8 Å². The van der Waals surface area contributed by atoms with E-state index < -0.39 is 12.3 Å². The number of rotatable bonds is 2. The van der Waals surface area contributed by atoms with Gasteiger partial charge in [0.05, 0.1) is 0 Å². The Bertz CT molecular complexity index is 424. The van der Waals surface area contributed by atoms with Gasteiger partial charge in [-0.25, -0.2) is 17.6 Å². The Morgan fingerprint density at radius 3 is 2.28 bits per heavy atom. The highest BCUT2D eigenvalue weighted by molar-refractivity contribution is 5.59. The zero-order valence-corrected chi connectivity index (χ0v) is 9.67. The Morgan fingerprint density at radius 2 is 1.72 bits per heavy atom. The van der Waals surface area contributed by atoms with Crippen LogP contribution in [-0.2, 0) is 0 Å². The molecule has 1 aliphatic rings. The smallest absolute Gasteiger partial charge is 0.263 e. The third kappa shape index (κ3) is 2.86. The molecule has 1 heterocycles. The first-order chi connectivity index (χ1) is 8.37. The zero-order chi connectivity index (χ0) is 13.3. The molecule has 100 valence electrons. The van der Waals surface area contributed by atoms with Crippen LogP contribution < -0.4 is 10.6 Å². The maximum Gasteiger partial charge on any atom is 0.263 e. The predicted octanol–water partition coefficient (Wildman–Crippen LogP) is 3.44. The summed E-state index contributed by atoms with van der Waals surface area (Å²) in [5.41, 5.74) is 6.08. The van der Waals surface area contributed by atoms with E-state index in [4.69, 9.17) is 5.73 Å². The molecule has 0 bridgehead atoms. The minimum Gasteiger partial charge on any atom is -0.399 e. The molecule has 0 radical (unpaired) electrons. The molecule has 0 atom stereocenters. The van der Waals surface area contributed by atoms with Crippen LogP contribution in [0.5, 0.6) is 0 Å². The molecule has 0 unspecified atom stereocenters. The van der Waals surface area contributed by atoms with Crippen molar-refractivity contribution in [2.45, 2.75) is 25.2 Å². The lowest BCUT2D eigenvalue weighted by atomic mass is 10.1. The standard InChI is InChI=1S/C12H14F4N2/c13-11(14)8-5-9(17)7-10(6-8)18-3-1-12(15,16)2-4-18/h5-7,11H,1-4,17H2. The first-order valence-corrected chi connectivity index (χ1v) is 5.69. The third-order valence-electron chi connectivity index (χ3n) is 3.07. The molecule has 0 amide bonds. The van der Waals surface area contributed by atoms with Gasteiger partial charge < -0.3 is 10.6 Å². The first-order valence-electron chi connectivity index (χ1n) is 5.69. The normalized spacial score (nSPS) is 19.3. The molecule has 1 saturated heterocycles. The summed E-state index contributed by atoms with van der Waals surface area (Å²) in [5, 5.41) is 0. The summed E-state index contributed by atoms with van der Waals surface area (Å²) in [5.74, 6) is -2.65. The largest absolute Gasteiger partial charge is 0.399 e. The van der Waals surface area contributed by atoms with E-state index in [1.807, 2.05) is 0 Å². The van der Waals surface area contributed by atoms with Crippen LogP contribution in [0.1, 0.15) is 24.8 Å². The van der Waals surface area contributed by atoms with E-state index in [2.05, 4.69) is 0 Å². The van der Waals surface area contributed by atoms with Crippen molar-refractivity contribution in [3.63, 3.8) is 0 Å². The highest BCUT2D eigenvalue weighted by Crippen LogP contribution is 2.33. The highest BCUT2D eigenvalue weighted by atomic mass is 19.3. The molecule has 2 N–H and O–H groups in total. The van der Waals surface area contributed by atoms with Crippen LogP contribution in [0.4, 0.5) is 28.9 Å². The van der Waals surface area contributed by atoms with Gasteiger partial charge >= 0.3 is 0 Å². The average Bonchev–Trinajstić information content (AvgIpc) is 2.28. The van der Waals surface area contributed by atoms with Crippen molar-refractivity contribution < 1.29 is 17.6 Å². The van der Waals surface area contributed by atoms with E-state index in [9.17, 15) is 17.6 Å². The van der Waals surface area contributed by atoms with Crippen LogP contribution in [0.3, 0.4) is 0 Å². The number of hydrogen-bond acceptors (Lipinski definition) is 2. The molecule has 0 aliphatic carbocycles. The Labute approximate surface area is 102 Å². The summed E-state index contributed by atoms with van der Waals surface area (Å²) in [4.78, 5) is 1.67. The summed E-state index contributed by atoms with van der Waals surface area (Å²) >= 11 is 0. The molecule has 0 saturated carbocycles. The Balaban J connectivity index is 2.19. The number of nitrogen functional groups attached to an aromatic ring is 1. The van der Waals surface area contributed by atoms with Gasteiger partial charge in [-0.2, -0.15) is 0 Å². The maximum absolute atomic E-state index is 13.0. The lowest BCUT2D eigenvalue weighted by Crippen LogP contribution is -2.39. The lowest BCUT2D eigenvalue weighted by molar-refractivity contribution is -0.0220. The second kappa shape index (κ2) is 4.66. The van der Waals surface area contributed by atoms with E-state index in [1.54, 1.807) is 4.90 Å². The average molecular weight is 262 g/mol. The monoisotopic (exact) mass is 262 g/mol. The molecule has 2 nitrogen and oxygen atoms in total. The van der Waals surface area contributed by atoms with E-state index in [0.29, 0.717) is 5.69 Å². The van der Waals surface area contributed by atoms with Crippen molar-refractivity contribution in [2.75, 3.05) is 23.7 Å². The van der Waals surface area contributed by atoms with Crippen LogP contribution in [0, 0.1) is 0 Å². The second-order valence-corrected chi connectivity index (χ2v) is 4.50. The van der Waals surface area contributed by atoms with Gasteiger partial charge in [0.1, 0.15) is 0 Å². The number of alkyl halides is 4. The Kier molecular flexibility index (Phi) is 3.36. The third-order valence-corrected chi connectivity index (χ3v) is 3.07. The number of halogens is 4. The molecule has 1 aliphatic heterocycles. The van der Waals surface area contributed by atoms with Crippen LogP contribution in [-0.4, -0.2) is 19.0 Å². The molecule has 1 aromatic carbocycles. The van der Waals surface area contributed by atoms with Gasteiger partial charge in [-0.3, -0.25) is 0 Å². The molecule has 0 aromatic heterocycles. The van der Waals surface area contributed by atoms with Gasteiger partial charge in [-0.15, -0.1) is 0 Å². The van der Waals surface area contributed by atoms with Crippen molar-refractivity contribution in [3.8, 4) is 0 Å². The van der Waals surface area contributed by atoms with E-state index in [-0.39, 0.29) is 37.2 Å². The number of nitrogens with two attached hydrogens (primary N) is 1. The highest BCUT2D eigenvalue weighted by Gasteiger charge is 2.34. The van der Waals surface area contributed by atoms with E-state index in [1.165, 1.54) is 18.2 Å². The van der Waals surface area contributed by atoms with Crippen molar-refractivity contribution in [1.29, 1.82) is 0 Å². The van der Waals surface area contributed by atoms with Gasteiger partial charge in [-0.05, 0) is 18.2 Å². The van der Waals surface area contributed by atoms with Crippen LogP contribution >= 0.6 is 0 Å². The molecule has 18 heavy (non-hydrogen) atoms. The Morgan fingerprint density at radius 1 is 1.11 bits per heavy atom. The van der Waals surface area contributed by atoms with Crippen molar-refractivity contribution in [2.24, 2.45) is 0 Å². The summed E-state index contributed by atoms with van der Waals surface area (Å²) in [7, 11) is 0. The van der Waals surface area contributed by atoms with Crippen molar-refractivity contribution >= 4 is 11.4 Å². The fraction of sp³-hybridized carbons (Fsp3) is 0.500. The minimum atomic E-state index is -2.65. The fourth-order valence-electron chi connectivity index (χ4n) is 2.06. The van der Waals surface area contributed by atoms with Crippen LogP contribution in [0.15, 0.2) is 18.2 Å². The topological polar surface area (TPSA) is 29.3 Å². The Hall–Kier alpha value is -1.46. The molecule has 1 fully saturated rings. The van der Waals surface area contributed by atoms with Crippen molar-refractivity contribution in [1.82, 2.24) is 0 Å². The SMILES string of the molecule is Nc1cc(C(F)F)cc(N2CCC(F)(F)CC2)c1.